The molecule has 0 spiro atoms. The molecule has 2 aromatic rings. The summed E-state index contributed by atoms with van der Waals surface area (Å²) in [6.45, 7) is 3.59. The Balaban J connectivity index is 2.51. The summed E-state index contributed by atoms with van der Waals surface area (Å²) in [7, 11) is 0. The first-order valence-corrected chi connectivity index (χ1v) is 5.94. The Bertz CT molecular complexity index is 629. The largest absolute Gasteiger partial charge is 0.352 e. The summed E-state index contributed by atoms with van der Waals surface area (Å²) >= 11 is 5.09. The van der Waals surface area contributed by atoms with Gasteiger partial charge in [0.25, 0.3) is 0 Å². The molecule has 0 radical (unpaired) electrons. The molecule has 0 bridgehead atoms. The van der Waals surface area contributed by atoms with Gasteiger partial charge < -0.3 is 4.29 Å². The van der Waals surface area contributed by atoms with E-state index in [1.54, 1.807) is 6.92 Å². The Kier molecular flexibility index (Phi) is 3.68. The normalized spacial score (nSPS) is 12.2. The summed E-state index contributed by atoms with van der Waals surface area (Å²) in [4.78, 5) is 11.4. The average molecular weight is 261 g/mol. The number of carbonyl (C=O) groups is 1. The van der Waals surface area contributed by atoms with Crippen molar-refractivity contribution >= 4 is 34.2 Å². The number of fused-ring (bicyclic) bond motifs is 1. The van der Waals surface area contributed by atoms with Crippen molar-refractivity contribution in [2.75, 3.05) is 0 Å². The van der Waals surface area contributed by atoms with Gasteiger partial charge in [-0.15, -0.1) is 0 Å². The molecule has 2 nitrogen and oxygen atoms in total. The maximum Gasteiger partial charge on any atom is 0.352 e. The maximum absolute atomic E-state index is 11.4. The zero-order valence-electron chi connectivity index (χ0n) is 10.2. The molecule has 3 heteroatoms. The molecular weight excluding hydrogens is 248 g/mol. The van der Waals surface area contributed by atoms with Gasteiger partial charge in [-0.3, -0.25) is 0 Å². The zero-order valence-corrected chi connectivity index (χ0v) is 11.0. The van der Waals surface area contributed by atoms with Gasteiger partial charge in [0.15, 0.2) is 0 Å². The standard InChI is InChI=1S/C15H13ClO2/c1-10(11(2)15(17)18-16)13-8-7-12-5-3-4-6-14(12)9-13/h3-9H,1-2H3/b11-10+. The number of rotatable bonds is 2. The fraction of sp³-hybridized carbons (Fsp3) is 0.133. The van der Waals surface area contributed by atoms with Crippen molar-refractivity contribution in [3.05, 3.63) is 53.6 Å². The van der Waals surface area contributed by atoms with E-state index in [1.165, 1.54) is 5.39 Å². The smallest absolute Gasteiger partial charge is 0.343 e. The van der Waals surface area contributed by atoms with Gasteiger partial charge in [0.2, 0.25) is 0 Å². The van der Waals surface area contributed by atoms with Crippen LogP contribution in [0.2, 0.25) is 0 Å². The second-order valence-corrected chi connectivity index (χ2v) is 4.33. The highest BCUT2D eigenvalue weighted by Crippen LogP contribution is 2.23. The third kappa shape index (κ3) is 2.39. The van der Waals surface area contributed by atoms with E-state index in [0.29, 0.717) is 5.57 Å². The molecule has 2 aromatic carbocycles. The van der Waals surface area contributed by atoms with Gasteiger partial charge in [-0.1, -0.05) is 36.4 Å². The van der Waals surface area contributed by atoms with Crippen LogP contribution in [-0.2, 0) is 9.08 Å². The van der Waals surface area contributed by atoms with Crippen molar-refractivity contribution < 1.29 is 9.08 Å². The van der Waals surface area contributed by atoms with Crippen molar-refractivity contribution in [2.45, 2.75) is 13.8 Å². The quantitative estimate of drug-likeness (QED) is 0.751. The van der Waals surface area contributed by atoms with Crippen molar-refractivity contribution in [1.29, 1.82) is 0 Å². The molecule has 18 heavy (non-hydrogen) atoms. The summed E-state index contributed by atoms with van der Waals surface area (Å²) in [6, 6.07) is 14.2. The number of allylic oxidation sites excluding steroid dienone is 1. The lowest BCUT2D eigenvalue weighted by Gasteiger charge is -2.07. The van der Waals surface area contributed by atoms with Crippen molar-refractivity contribution in [3.63, 3.8) is 0 Å². The Morgan fingerprint density at radius 1 is 1.06 bits per heavy atom. The summed E-state index contributed by atoms with van der Waals surface area (Å²) in [5.41, 5.74) is 2.37. The molecule has 92 valence electrons. The average Bonchev–Trinajstić information content (AvgIpc) is 2.44. The Morgan fingerprint density at radius 2 is 1.72 bits per heavy atom. The Labute approximate surface area is 111 Å². The van der Waals surface area contributed by atoms with Crippen LogP contribution < -0.4 is 0 Å². The van der Waals surface area contributed by atoms with Gasteiger partial charge in [-0.05, 0) is 41.8 Å². The molecule has 0 aromatic heterocycles. The SMILES string of the molecule is C/C(C(=O)OCl)=C(/C)c1ccc2ccccc2c1. The minimum Gasteiger partial charge on any atom is -0.343 e. The summed E-state index contributed by atoms with van der Waals surface area (Å²) in [5, 5.41) is 2.31. The first-order chi connectivity index (χ1) is 8.63. The fourth-order valence-corrected chi connectivity index (χ4v) is 1.97. The molecule has 0 unspecified atom stereocenters. The number of carbonyl (C=O) groups excluding carboxylic acids is 1. The van der Waals surface area contributed by atoms with E-state index in [2.05, 4.69) is 16.4 Å². The molecule has 0 heterocycles. The van der Waals surface area contributed by atoms with Crippen LogP contribution in [0.5, 0.6) is 0 Å². The topological polar surface area (TPSA) is 26.3 Å². The third-order valence-corrected chi connectivity index (χ3v) is 3.26. The summed E-state index contributed by atoms with van der Waals surface area (Å²) < 4.78 is 4.22. The van der Waals surface area contributed by atoms with Gasteiger partial charge in [-0.25, -0.2) is 4.79 Å². The van der Waals surface area contributed by atoms with Crippen LogP contribution in [0.1, 0.15) is 19.4 Å². The molecule has 0 aliphatic carbocycles. The molecule has 0 aliphatic heterocycles. The molecule has 0 saturated heterocycles. The minimum absolute atomic E-state index is 0.512. The lowest BCUT2D eigenvalue weighted by atomic mass is 9.99. The predicted octanol–water partition coefficient (Wildman–Crippen LogP) is 4.33. The van der Waals surface area contributed by atoms with Crippen LogP contribution in [0.25, 0.3) is 16.3 Å². The third-order valence-electron chi connectivity index (χ3n) is 3.12. The number of halogens is 1. The Hall–Kier alpha value is -1.80. The molecule has 0 aliphatic rings. The molecule has 2 rings (SSSR count). The van der Waals surface area contributed by atoms with E-state index in [9.17, 15) is 4.79 Å². The monoisotopic (exact) mass is 260 g/mol. The van der Waals surface area contributed by atoms with Crippen molar-refractivity contribution in [1.82, 2.24) is 0 Å². The number of benzene rings is 2. The highest BCUT2D eigenvalue weighted by atomic mass is 35.5. The van der Waals surface area contributed by atoms with E-state index >= 15 is 0 Å². The molecule has 0 amide bonds. The van der Waals surface area contributed by atoms with E-state index in [1.807, 2.05) is 37.3 Å². The van der Waals surface area contributed by atoms with Crippen LogP contribution in [0.4, 0.5) is 0 Å². The predicted molar refractivity (Wildman–Crippen MR) is 74.2 cm³/mol. The molecule has 0 N–H and O–H groups in total. The van der Waals surface area contributed by atoms with Crippen LogP contribution in [-0.4, -0.2) is 5.97 Å². The number of hydrogen-bond acceptors (Lipinski definition) is 2. The first-order valence-electron chi connectivity index (χ1n) is 5.63. The minimum atomic E-state index is -0.512. The molecular formula is C15H13ClO2. The molecule has 0 saturated carbocycles. The highest BCUT2D eigenvalue weighted by molar-refractivity contribution is 6.16. The maximum atomic E-state index is 11.4. The van der Waals surface area contributed by atoms with E-state index < -0.39 is 5.97 Å². The highest BCUT2D eigenvalue weighted by Gasteiger charge is 2.10. The van der Waals surface area contributed by atoms with Crippen molar-refractivity contribution in [2.24, 2.45) is 0 Å². The van der Waals surface area contributed by atoms with Gasteiger partial charge in [-0.2, -0.15) is 0 Å². The summed E-state index contributed by atoms with van der Waals surface area (Å²) in [5.74, 6) is -0.512. The summed E-state index contributed by atoms with van der Waals surface area (Å²) in [6.07, 6.45) is 0. The number of hydrogen-bond donors (Lipinski definition) is 0. The van der Waals surface area contributed by atoms with Crippen LogP contribution in [0, 0.1) is 0 Å². The Morgan fingerprint density at radius 3 is 2.39 bits per heavy atom. The van der Waals surface area contributed by atoms with E-state index in [0.717, 1.165) is 16.5 Å². The lowest BCUT2D eigenvalue weighted by molar-refractivity contribution is -0.129. The van der Waals surface area contributed by atoms with E-state index in [4.69, 9.17) is 11.9 Å². The van der Waals surface area contributed by atoms with Crippen LogP contribution in [0.3, 0.4) is 0 Å². The molecule has 0 fully saturated rings. The second-order valence-electron chi connectivity index (χ2n) is 4.18. The van der Waals surface area contributed by atoms with Gasteiger partial charge in [0.1, 0.15) is 11.9 Å². The molecule has 0 atom stereocenters. The van der Waals surface area contributed by atoms with E-state index in [-0.39, 0.29) is 0 Å². The van der Waals surface area contributed by atoms with Crippen molar-refractivity contribution in [3.8, 4) is 0 Å². The second kappa shape index (κ2) is 5.23. The fourth-order valence-electron chi connectivity index (χ4n) is 1.85. The van der Waals surface area contributed by atoms with Crippen LogP contribution in [0.15, 0.2) is 48.0 Å². The van der Waals surface area contributed by atoms with Gasteiger partial charge in [0, 0.05) is 5.57 Å². The lowest BCUT2D eigenvalue weighted by Crippen LogP contribution is -2.00. The van der Waals surface area contributed by atoms with Crippen LogP contribution >= 0.6 is 11.9 Å². The first kappa shape index (κ1) is 12.7. The zero-order chi connectivity index (χ0) is 13.1. The van der Waals surface area contributed by atoms with Gasteiger partial charge >= 0.3 is 5.97 Å². The van der Waals surface area contributed by atoms with Gasteiger partial charge in [0.05, 0.1) is 0 Å².